The van der Waals surface area contributed by atoms with Crippen molar-refractivity contribution in [2.24, 2.45) is 0 Å². The Bertz CT molecular complexity index is 740. The third kappa shape index (κ3) is 3.51. The number of hydrogen-bond acceptors (Lipinski definition) is 3. The Morgan fingerprint density at radius 3 is 2.23 bits per heavy atom. The van der Waals surface area contributed by atoms with Gasteiger partial charge >= 0.3 is 0 Å². The largest absolute Gasteiger partial charge is 0.497 e. The predicted octanol–water partition coefficient (Wildman–Crippen LogP) is 3.84. The molecule has 0 aliphatic rings. The molecule has 116 valence electrons. The first kappa shape index (κ1) is 16.6. The Morgan fingerprint density at radius 1 is 1.14 bits per heavy atom. The Kier molecular flexibility index (Phi) is 5.26. The maximum atomic E-state index is 12.8. The molecule has 0 heterocycles. The van der Waals surface area contributed by atoms with Crippen LogP contribution >= 0.6 is 15.9 Å². The van der Waals surface area contributed by atoms with Crippen LogP contribution in [-0.4, -0.2) is 22.1 Å². The zero-order valence-electron chi connectivity index (χ0n) is 12.1. The molecule has 0 saturated heterocycles. The zero-order valence-corrected chi connectivity index (χ0v) is 14.5. The summed E-state index contributed by atoms with van der Waals surface area (Å²) in [4.78, 5) is 0.207. The lowest BCUT2D eigenvalue weighted by molar-refractivity contribution is 0.414. The topological polar surface area (TPSA) is 46.6 Å². The van der Waals surface area contributed by atoms with Gasteiger partial charge in [0.25, 0.3) is 10.0 Å². The second-order valence-electron chi connectivity index (χ2n) is 4.48. The van der Waals surface area contributed by atoms with Gasteiger partial charge < -0.3 is 4.74 Å². The normalized spacial score (nSPS) is 11.0. The van der Waals surface area contributed by atoms with Gasteiger partial charge in [-0.1, -0.05) is 22.0 Å². The van der Waals surface area contributed by atoms with Gasteiger partial charge in [0.15, 0.2) is 0 Å². The first-order valence-electron chi connectivity index (χ1n) is 6.52. The van der Waals surface area contributed by atoms with E-state index in [1.54, 1.807) is 42.5 Å². The van der Waals surface area contributed by atoms with E-state index in [1.807, 2.05) is 0 Å². The molecule has 0 aliphatic carbocycles. The van der Waals surface area contributed by atoms with Gasteiger partial charge in [-0.05, 0) is 48.5 Å². The molecule has 2 aromatic carbocycles. The van der Waals surface area contributed by atoms with Crippen LogP contribution in [0.3, 0.4) is 0 Å². The highest BCUT2D eigenvalue weighted by Crippen LogP contribution is 2.26. The number of rotatable bonds is 6. The Morgan fingerprint density at radius 2 is 1.73 bits per heavy atom. The van der Waals surface area contributed by atoms with Gasteiger partial charge in [0.1, 0.15) is 5.75 Å². The number of benzene rings is 2. The Balaban J connectivity index is 2.44. The predicted molar refractivity (Wildman–Crippen MR) is 91.9 cm³/mol. The maximum Gasteiger partial charge on any atom is 0.264 e. The van der Waals surface area contributed by atoms with Crippen LogP contribution in [0.1, 0.15) is 0 Å². The summed E-state index contributed by atoms with van der Waals surface area (Å²) >= 11 is 3.34. The standard InChI is InChI=1S/C16H16BrNO3S/c1-3-12-18(14-6-4-13(17)5-7-14)22(19,20)16-10-8-15(21-2)9-11-16/h3-11H,1,12H2,2H3. The molecule has 0 spiro atoms. The molecule has 0 radical (unpaired) electrons. The number of halogens is 1. The van der Waals surface area contributed by atoms with Crippen LogP contribution in [0.4, 0.5) is 5.69 Å². The molecule has 0 amide bonds. The molecule has 0 atom stereocenters. The van der Waals surface area contributed by atoms with Gasteiger partial charge in [0.05, 0.1) is 24.2 Å². The fourth-order valence-corrected chi connectivity index (χ4v) is 3.64. The third-order valence-corrected chi connectivity index (χ3v) is 5.39. The number of hydrogen-bond donors (Lipinski definition) is 0. The van der Waals surface area contributed by atoms with Gasteiger partial charge in [0, 0.05) is 4.47 Å². The molecule has 2 rings (SSSR count). The Hall–Kier alpha value is -1.79. The van der Waals surface area contributed by atoms with E-state index in [1.165, 1.54) is 23.5 Å². The number of anilines is 1. The van der Waals surface area contributed by atoms with E-state index in [-0.39, 0.29) is 11.4 Å². The average Bonchev–Trinajstić information content (AvgIpc) is 2.53. The summed E-state index contributed by atoms with van der Waals surface area (Å²) in [6.07, 6.45) is 1.56. The number of sulfonamides is 1. The minimum absolute atomic E-state index is 0.190. The molecule has 4 nitrogen and oxygen atoms in total. The molecular weight excluding hydrogens is 366 g/mol. The van der Waals surface area contributed by atoms with Gasteiger partial charge in [-0.25, -0.2) is 8.42 Å². The molecule has 22 heavy (non-hydrogen) atoms. The van der Waals surface area contributed by atoms with E-state index in [0.29, 0.717) is 11.4 Å². The minimum atomic E-state index is -3.66. The van der Waals surface area contributed by atoms with E-state index < -0.39 is 10.0 Å². The number of ether oxygens (including phenoxy) is 1. The molecular formula is C16H16BrNO3S. The van der Waals surface area contributed by atoms with E-state index in [9.17, 15) is 8.42 Å². The Labute approximate surface area is 139 Å². The number of methoxy groups -OCH3 is 1. The lowest BCUT2D eigenvalue weighted by Crippen LogP contribution is -2.31. The summed E-state index contributed by atoms with van der Waals surface area (Å²) in [6.45, 7) is 3.83. The molecule has 2 aromatic rings. The summed E-state index contributed by atoms with van der Waals surface area (Å²) in [6, 6.07) is 13.4. The van der Waals surface area contributed by atoms with Crippen LogP contribution in [0.5, 0.6) is 5.75 Å². The van der Waals surface area contributed by atoms with Crippen LogP contribution in [0.25, 0.3) is 0 Å². The second-order valence-corrected chi connectivity index (χ2v) is 7.25. The molecule has 0 fully saturated rings. The highest BCUT2D eigenvalue weighted by atomic mass is 79.9. The van der Waals surface area contributed by atoms with Crippen molar-refractivity contribution in [3.05, 3.63) is 65.7 Å². The van der Waals surface area contributed by atoms with Crippen LogP contribution in [0.2, 0.25) is 0 Å². The summed E-state index contributed by atoms with van der Waals surface area (Å²) in [5, 5.41) is 0. The van der Waals surface area contributed by atoms with Crippen molar-refractivity contribution in [3.8, 4) is 5.75 Å². The second kappa shape index (κ2) is 6.98. The molecule has 0 aliphatic heterocycles. The van der Waals surface area contributed by atoms with E-state index in [2.05, 4.69) is 22.5 Å². The van der Waals surface area contributed by atoms with Crippen LogP contribution in [0, 0.1) is 0 Å². The van der Waals surface area contributed by atoms with Crippen molar-refractivity contribution in [1.82, 2.24) is 0 Å². The minimum Gasteiger partial charge on any atom is -0.497 e. The van der Waals surface area contributed by atoms with Gasteiger partial charge in [-0.2, -0.15) is 0 Å². The van der Waals surface area contributed by atoms with Crippen molar-refractivity contribution in [3.63, 3.8) is 0 Å². The van der Waals surface area contributed by atoms with Crippen LogP contribution in [-0.2, 0) is 10.0 Å². The zero-order chi connectivity index (χ0) is 16.2. The van der Waals surface area contributed by atoms with Gasteiger partial charge in [-0.3, -0.25) is 4.31 Å². The molecule has 0 N–H and O–H groups in total. The number of nitrogens with zero attached hydrogens (tertiary/aromatic N) is 1. The van der Waals surface area contributed by atoms with Crippen molar-refractivity contribution < 1.29 is 13.2 Å². The lowest BCUT2D eigenvalue weighted by Gasteiger charge is -2.23. The SMILES string of the molecule is C=CCN(c1ccc(Br)cc1)S(=O)(=O)c1ccc(OC)cc1. The van der Waals surface area contributed by atoms with Gasteiger partial charge in [0.2, 0.25) is 0 Å². The summed E-state index contributed by atoms with van der Waals surface area (Å²) in [5.74, 6) is 0.609. The fraction of sp³-hybridized carbons (Fsp3) is 0.125. The highest BCUT2D eigenvalue weighted by Gasteiger charge is 2.23. The van der Waals surface area contributed by atoms with Crippen molar-refractivity contribution >= 4 is 31.6 Å². The van der Waals surface area contributed by atoms with Crippen molar-refractivity contribution in [1.29, 1.82) is 0 Å². The van der Waals surface area contributed by atoms with Crippen LogP contribution < -0.4 is 9.04 Å². The molecule has 0 bridgehead atoms. The monoisotopic (exact) mass is 381 g/mol. The third-order valence-electron chi connectivity index (χ3n) is 3.06. The van der Waals surface area contributed by atoms with E-state index in [0.717, 1.165) is 4.47 Å². The highest BCUT2D eigenvalue weighted by molar-refractivity contribution is 9.10. The summed E-state index contributed by atoms with van der Waals surface area (Å²) < 4.78 is 32.9. The van der Waals surface area contributed by atoms with E-state index >= 15 is 0 Å². The first-order chi connectivity index (χ1) is 10.5. The first-order valence-corrected chi connectivity index (χ1v) is 8.75. The molecule has 0 unspecified atom stereocenters. The van der Waals surface area contributed by atoms with Crippen molar-refractivity contribution in [2.75, 3.05) is 18.0 Å². The molecule has 0 aromatic heterocycles. The summed E-state index contributed by atoms with van der Waals surface area (Å²) in [5.41, 5.74) is 0.582. The fourth-order valence-electron chi connectivity index (χ4n) is 1.94. The lowest BCUT2D eigenvalue weighted by atomic mass is 10.3. The van der Waals surface area contributed by atoms with Gasteiger partial charge in [-0.15, -0.1) is 6.58 Å². The average molecular weight is 382 g/mol. The maximum absolute atomic E-state index is 12.8. The smallest absolute Gasteiger partial charge is 0.264 e. The van der Waals surface area contributed by atoms with Crippen LogP contribution in [0.15, 0.2) is 70.6 Å². The van der Waals surface area contributed by atoms with Crippen molar-refractivity contribution in [2.45, 2.75) is 4.90 Å². The summed E-state index contributed by atoms with van der Waals surface area (Å²) in [7, 11) is -2.13. The molecule has 0 saturated carbocycles. The quantitative estimate of drug-likeness (QED) is 0.714. The van der Waals surface area contributed by atoms with E-state index in [4.69, 9.17) is 4.74 Å². The molecule has 6 heteroatoms.